The molecule has 92 valence electrons. The monoisotopic (exact) mass is 244 g/mol. The number of carbonyl (C=O) groups excluding carboxylic acids is 1. The maximum atomic E-state index is 10.7. The van der Waals surface area contributed by atoms with Crippen LogP contribution in [0.3, 0.4) is 0 Å². The molecule has 0 aliphatic carbocycles. The molecule has 0 aliphatic rings. The molecule has 2 aromatic rings. The third kappa shape index (κ3) is 2.73. The summed E-state index contributed by atoms with van der Waals surface area (Å²) in [6.07, 6.45) is 0.637. The van der Waals surface area contributed by atoms with Crippen molar-refractivity contribution in [3.8, 4) is 5.88 Å². The zero-order valence-electron chi connectivity index (χ0n) is 9.75. The fourth-order valence-corrected chi connectivity index (χ4v) is 1.37. The summed E-state index contributed by atoms with van der Waals surface area (Å²) in [5, 5.41) is 0. The number of nitrogen functional groups attached to an aromatic ring is 1. The number of aryl methyl sites for hydroxylation is 1. The average Bonchev–Trinajstić information content (AvgIpc) is 2.37. The number of aromatic nitrogens is 2. The van der Waals surface area contributed by atoms with Crippen molar-refractivity contribution in [1.29, 1.82) is 0 Å². The molecule has 18 heavy (non-hydrogen) atoms. The van der Waals surface area contributed by atoms with E-state index in [1.807, 2.05) is 12.1 Å². The molecule has 0 saturated heterocycles. The summed E-state index contributed by atoms with van der Waals surface area (Å²) in [5.41, 5.74) is 9.86. The van der Waals surface area contributed by atoms with E-state index in [1.165, 1.54) is 6.07 Å². The Morgan fingerprint density at radius 2 is 2.11 bits per heavy atom. The normalized spacial score (nSPS) is 9.83. The predicted octanol–water partition coefficient (Wildman–Crippen LogP) is 1.59. The van der Waals surface area contributed by atoms with Gasteiger partial charge in [0.2, 0.25) is 5.88 Å². The highest BCUT2D eigenvalue weighted by Crippen LogP contribution is 2.17. The van der Waals surface area contributed by atoms with Gasteiger partial charge in [-0.3, -0.25) is 4.79 Å². The second kappa shape index (κ2) is 5.13. The van der Waals surface area contributed by atoms with Gasteiger partial charge in [0.25, 0.3) is 0 Å². The number of hydrogen-bond donors (Lipinski definition) is 2. The number of carbonyl (C=O) groups is 1. The van der Waals surface area contributed by atoms with Gasteiger partial charge in [-0.05, 0) is 19.1 Å². The molecule has 0 saturated carbocycles. The van der Waals surface area contributed by atoms with E-state index in [-0.39, 0.29) is 11.6 Å². The highest BCUT2D eigenvalue weighted by molar-refractivity contribution is 5.72. The minimum Gasteiger partial charge on any atom is -0.397 e. The number of rotatable bonds is 4. The molecule has 0 radical (unpaired) electrons. The minimum absolute atomic E-state index is 0.257. The summed E-state index contributed by atoms with van der Waals surface area (Å²) in [4.78, 5) is 23.9. The van der Waals surface area contributed by atoms with Crippen LogP contribution in [0.25, 0.3) is 0 Å². The van der Waals surface area contributed by atoms with E-state index >= 15 is 0 Å². The van der Waals surface area contributed by atoms with Crippen LogP contribution in [0.4, 0.5) is 11.4 Å². The zero-order chi connectivity index (χ0) is 13.0. The smallest absolute Gasteiger partial charge is 0.249 e. The summed E-state index contributed by atoms with van der Waals surface area (Å²) >= 11 is 0. The van der Waals surface area contributed by atoms with Gasteiger partial charge in [-0.1, -0.05) is 12.1 Å². The summed E-state index contributed by atoms with van der Waals surface area (Å²) in [6.45, 7) is 1.68. The molecule has 0 spiro atoms. The van der Waals surface area contributed by atoms with Gasteiger partial charge in [-0.2, -0.15) is 4.98 Å². The molecule has 1 heterocycles. The molecule has 3 N–H and O–H groups in total. The molecule has 1 aromatic heterocycles. The van der Waals surface area contributed by atoms with E-state index in [2.05, 4.69) is 15.4 Å². The lowest BCUT2D eigenvalue weighted by atomic mass is 10.3. The first-order valence-electron chi connectivity index (χ1n) is 5.27. The Morgan fingerprint density at radius 3 is 2.83 bits per heavy atom. The topological polar surface area (TPSA) is 90.1 Å². The Labute approximate surface area is 104 Å². The number of nitrogens with one attached hydrogen (secondary N) is 1. The first kappa shape index (κ1) is 11.8. The number of aldehydes is 1. The Hall–Kier alpha value is -2.63. The van der Waals surface area contributed by atoms with E-state index in [1.54, 1.807) is 19.1 Å². The van der Waals surface area contributed by atoms with Gasteiger partial charge in [-0.15, -0.1) is 0 Å². The second-order valence-corrected chi connectivity index (χ2v) is 3.59. The van der Waals surface area contributed by atoms with Crippen molar-refractivity contribution in [2.24, 2.45) is 0 Å². The predicted molar refractivity (Wildman–Crippen MR) is 67.3 cm³/mol. The molecular weight excluding hydrogens is 232 g/mol. The molecule has 2 rings (SSSR count). The fraction of sp³-hybridized carbons (Fsp3) is 0.0833. The molecule has 0 atom stereocenters. The number of para-hydroxylation sites is 2. The largest absolute Gasteiger partial charge is 0.397 e. The number of nitrogens with two attached hydrogens (primary N) is 1. The number of anilines is 2. The summed E-state index contributed by atoms with van der Waals surface area (Å²) in [5.74, 6) is 0.713. The SMILES string of the molecule is Cc1nc(C=O)cc(ONc2ccccc2N)n1. The van der Waals surface area contributed by atoms with E-state index in [4.69, 9.17) is 10.6 Å². The zero-order valence-corrected chi connectivity index (χ0v) is 9.75. The highest BCUT2D eigenvalue weighted by Gasteiger charge is 2.03. The molecule has 6 nitrogen and oxygen atoms in total. The van der Waals surface area contributed by atoms with E-state index in [0.29, 0.717) is 23.5 Å². The van der Waals surface area contributed by atoms with Crippen LogP contribution in [-0.2, 0) is 0 Å². The van der Waals surface area contributed by atoms with Gasteiger partial charge in [0.15, 0.2) is 6.29 Å². The fourth-order valence-electron chi connectivity index (χ4n) is 1.37. The lowest BCUT2D eigenvalue weighted by molar-refractivity contribution is 0.111. The van der Waals surface area contributed by atoms with Gasteiger partial charge in [0, 0.05) is 6.07 Å². The number of hydrogen-bond acceptors (Lipinski definition) is 6. The third-order valence-corrected chi connectivity index (χ3v) is 2.18. The third-order valence-electron chi connectivity index (χ3n) is 2.18. The molecule has 0 fully saturated rings. The van der Waals surface area contributed by atoms with E-state index in [0.717, 1.165) is 0 Å². The molecule has 0 aliphatic heterocycles. The van der Waals surface area contributed by atoms with Crippen molar-refractivity contribution in [2.45, 2.75) is 6.92 Å². The molecule has 0 unspecified atom stereocenters. The molecule has 0 bridgehead atoms. The van der Waals surface area contributed by atoms with E-state index < -0.39 is 0 Å². The van der Waals surface area contributed by atoms with E-state index in [9.17, 15) is 4.79 Å². The number of benzene rings is 1. The maximum Gasteiger partial charge on any atom is 0.249 e. The van der Waals surface area contributed by atoms with Crippen LogP contribution in [0.15, 0.2) is 30.3 Å². The van der Waals surface area contributed by atoms with Crippen molar-refractivity contribution in [1.82, 2.24) is 9.97 Å². The maximum absolute atomic E-state index is 10.7. The van der Waals surface area contributed by atoms with Gasteiger partial charge < -0.3 is 10.6 Å². The Bertz CT molecular complexity index is 572. The van der Waals surface area contributed by atoms with Crippen molar-refractivity contribution in [3.63, 3.8) is 0 Å². The summed E-state index contributed by atoms with van der Waals surface area (Å²) in [7, 11) is 0. The number of nitrogens with zero attached hydrogens (tertiary/aromatic N) is 2. The Morgan fingerprint density at radius 1 is 1.33 bits per heavy atom. The first-order chi connectivity index (χ1) is 8.69. The summed E-state index contributed by atoms with van der Waals surface area (Å²) in [6, 6.07) is 8.59. The summed E-state index contributed by atoms with van der Waals surface area (Å²) < 4.78 is 0. The van der Waals surface area contributed by atoms with Gasteiger partial charge in [-0.25, -0.2) is 10.5 Å². The van der Waals surface area contributed by atoms with Crippen molar-refractivity contribution in [3.05, 3.63) is 41.9 Å². The molecule has 0 amide bonds. The first-order valence-corrected chi connectivity index (χ1v) is 5.27. The molecular formula is C12H12N4O2. The average molecular weight is 244 g/mol. The lowest BCUT2D eigenvalue weighted by Gasteiger charge is -2.09. The van der Waals surface area contributed by atoms with Crippen molar-refractivity contribution >= 4 is 17.7 Å². The Balaban J connectivity index is 2.13. The van der Waals surface area contributed by atoms with Crippen molar-refractivity contribution < 1.29 is 9.63 Å². The lowest BCUT2D eigenvalue weighted by Crippen LogP contribution is -2.09. The minimum atomic E-state index is 0.257. The van der Waals surface area contributed by atoms with Crippen LogP contribution >= 0.6 is 0 Å². The standard InChI is InChI=1S/C12H12N4O2/c1-8-14-9(7-17)6-12(15-8)18-16-11-5-3-2-4-10(11)13/h2-7,16H,13H2,1H3. The highest BCUT2D eigenvalue weighted by atomic mass is 16.7. The quantitative estimate of drug-likeness (QED) is 0.482. The van der Waals surface area contributed by atoms with Crippen molar-refractivity contribution in [2.75, 3.05) is 11.2 Å². The van der Waals surface area contributed by atoms with Crippen LogP contribution in [0, 0.1) is 6.92 Å². The van der Waals surface area contributed by atoms with Crippen LogP contribution in [0.2, 0.25) is 0 Å². The second-order valence-electron chi connectivity index (χ2n) is 3.59. The van der Waals surface area contributed by atoms with Crippen LogP contribution in [0.5, 0.6) is 5.88 Å². The molecule has 1 aromatic carbocycles. The van der Waals surface area contributed by atoms with Crippen LogP contribution in [0.1, 0.15) is 16.3 Å². The van der Waals surface area contributed by atoms with Gasteiger partial charge in [0.1, 0.15) is 11.5 Å². The van der Waals surface area contributed by atoms with Crippen LogP contribution < -0.4 is 16.1 Å². The van der Waals surface area contributed by atoms with Gasteiger partial charge in [0.05, 0.1) is 11.4 Å². The molecule has 6 heteroatoms. The van der Waals surface area contributed by atoms with Crippen LogP contribution in [-0.4, -0.2) is 16.3 Å². The Kier molecular flexibility index (Phi) is 3.38. The van der Waals surface area contributed by atoms with Gasteiger partial charge >= 0.3 is 0 Å².